The van der Waals surface area contributed by atoms with Crippen LogP contribution in [-0.4, -0.2) is 31.1 Å². The Morgan fingerprint density at radius 3 is 2.57 bits per heavy atom. The van der Waals surface area contributed by atoms with E-state index in [-0.39, 0.29) is 17.9 Å². The molecule has 21 heavy (non-hydrogen) atoms. The monoisotopic (exact) mass is 290 g/mol. The zero-order valence-electron chi connectivity index (χ0n) is 12.7. The van der Waals surface area contributed by atoms with Crippen molar-refractivity contribution in [3.8, 4) is 0 Å². The first-order valence-electron chi connectivity index (χ1n) is 7.21. The number of ether oxygens (including phenoxy) is 1. The fraction of sp³-hybridized carbons (Fsp3) is 0.500. The molecule has 0 spiro atoms. The van der Waals surface area contributed by atoms with E-state index in [4.69, 9.17) is 4.74 Å². The van der Waals surface area contributed by atoms with Crippen molar-refractivity contribution in [2.75, 3.05) is 7.11 Å². The summed E-state index contributed by atoms with van der Waals surface area (Å²) >= 11 is 0. The van der Waals surface area contributed by atoms with Crippen molar-refractivity contribution in [1.82, 2.24) is 10.6 Å². The molecular weight excluding hydrogens is 268 g/mol. The largest absolute Gasteiger partial charge is 0.467 e. The minimum absolute atomic E-state index is 0.0164. The van der Waals surface area contributed by atoms with Gasteiger partial charge in [-0.2, -0.15) is 0 Å². The number of rotatable bonds is 4. The number of carbonyl (C=O) groups is 2. The summed E-state index contributed by atoms with van der Waals surface area (Å²) in [5.41, 5.74) is 2.39. The first-order chi connectivity index (χ1) is 10.0. The maximum atomic E-state index is 12.4. The average molecular weight is 290 g/mol. The Bertz CT molecular complexity index is 528. The van der Waals surface area contributed by atoms with Crippen LogP contribution in [0.5, 0.6) is 0 Å². The molecular formula is C16H22N2O3. The molecule has 1 amide bonds. The highest BCUT2D eigenvalue weighted by atomic mass is 16.5. The summed E-state index contributed by atoms with van der Waals surface area (Å²) in [6.07, 6.45) is 0.633. The number of carbonyl (C=O) groups excluding carboxylic acids is 2. The molecule has 0 aliphatic carbocycles. The van der Waals surface area contributed by atoms with Gasteiger partial charge in [0.25, 0.3) is 0 Å². The fourth-order valence-corrected chi connectivity index (χ4v) is 2.52. The van der Waals surface area contributed by atoms with Gasteiger partial charge in [0, 0.05) is 6.54 Å². The van der Waals surface area contributed by atoms with E-state index < -0.39 is 12.0 Å². The van der Waals surface area contributed by atoms with Crippen molar-refractivity contribution in [2.45, 2.75) is 38.9 Å². The number of fused-ring (bicyclic) bond motifs is 1. The van der Waals surface area contributed by atoms with E-state index in [1.54, 1.807) is 0 Å². The van der Waals surface area contributed by atoms with Crippen LogP contribution in [0.15, 0.2) is 24.3 Å². The van der Waals surface area contributed by atoms with Crippen LogP contribution in [0, 0.1) is 5.92 Å². The van der Waals surface area contributed by atoms with Gasteiger partial charge in [-0.25, -0.2) is 4.79 Å². The zero-order valence-corrected chi connectivity index (χ0v) is 12.7. The number of amides is 1. The van der Waals surface area contributed by atoms with Crippen LogP contribution in [0.3, 0.4) is 0 Å². The quantitative estimate of drug-likeness (QED) is 0.812. The first kappa shape index (κ1) is 15.5. The Labute approximate surface area is 125 Å². The van der Waals surface area contributed by atoms with Crippen molar-refractivity contribution in [3.63, 3.8) is 0 Å². The van der Waals surface area contributed by atoms with Crippen molar-refractivity contribution >= 4 is 11.9 Å². The number of methoxy groups -OCH3 is 1. The first-order valence-corrected chi connectivity index (χ1v) is 7.21. The SMILES string of the molecule is COC(=O)[C@@H](NC(=O)[C@H]1Cc2ccccc2CN1)C(C)C. The third kappa shape index (κ3) is 3.61. The lowest BCUT2D eigenvalue weighted by Crippen LogP contribution is -2.53. The zero-order chi connectivity index (χ0) is 15.4. The second-order valence-electron chi connectivity index (χ2n) is 5.66. The minimum Gasteiger partial charge on any atom is -0.467 e. The van der Waals surface area contributed by atoms with Gasteiger partial charge in [0.1, 0.15) is 6.04 Å². The van der Waals surface area contributed by atoms with E-state index in [1.807, 2.05) is 32.0 Å². The highest BCUT2D eigenvalue weighted by Gasteiger charge is 2.30. The van der Waals surface area contributed by atoms with Gasteiger partial charge in [0.15, 0.2) is 0 Å². The van der Waals surface area contributed by atoms with Gasteiger partial charge in [-0.3, -0.25) is 4.79 Å². The molecule has 1 aromatic carbocycles. The molecule has 2 atom stereocenters. The summed E-state index contributed by atoms with van der Waals surface area (Å²) in [6.45, 7) is 4.43. The number of esters is 1. The van der Waals surface area contributed by atoms with Crippen LogP contribution < -0.4 is 10.6 Å². The number of benzene rings is 1. The normalized spacial score (nSPS) is 18.8. The minimum atomic E-state index is -0.610. The Kier molecular flexibility index (Phi) is 4.96. The molecule has 5 heteroatoms. The Balaban J connectivity index is 2.03. The second-order valence-corrected chi connectivity index (χ2v) is 5.66. The molecule has 1 aliphatic rings. The summed E-state index contributed by atoms with van der Waals surface area (Å²) in [6, 6.07) is 7.14. The lowest BCUT2D eigenvalue weighted by Gasteiger charge is -2.28. The Morgan fingerprint density at radius 2 is 1.95 bits per heavy atom. The third-order valence-corrected chi connectivity index (χ3v) is 3.82. The topological polar surface area (TPSA) is 67.4 Å². The molecule has 0 unspecified atom stereocenters. The number of nitrogens with one attached hydrogen (secondary N) is 2. The van der Waals surface area contributed by atoms with Crippen LogP contribution >= 0.6 is 0 Å². The lowest BCUT2D eigenvalue weighted by atomic mass is 9.95. The van der Waals surface area contributed by atoms with E-state index in [9.17, 15) is 9.59 Å². The summed E-state index contributed by atoms with van der Waals surface area (Å²) in [7, 11) is 1.33. The van der Waals surface area contributed by atoms with Crippen molar-refractivity contribution in [1.29, 1.82) is 0 Å². The van der Waals surface area contributed by atoms with Crippen LogP contribution in [0.2, 0.25) is 0 Å². The molecule has 5 nitrogen and oxygen atoms in total. The predicted octanol–water partition coefficient (Wildman–Crippen LogP) is 1.01. The summed E-state index contributed by atoms with van der Waals surface area (Å²) < 4.78 is 4.74. The molecule has 2 N–H and O–H groups in total. The molecule has 0 fully saturated rings. The van der Waals surface area contributed by atoms with E-state index in [0.717, 1.165) is 0 Å². The molecule has 0 radical (unpaired) electrons. The second kappa shape index (κ2) is 6.72. The maximum absolute atomic E-state index is 12.4. The molecule has 2 rings (SSSR count). The van der Waals surface area contributed by atoms with E-state index in [0.29, 0.717) is 13.0 Å². The predicted molar refractivity (Wildman–Crippen MR) is 79.6 cm³/mol. The molecule has 0 saturated carbocycles. The van der Waals surface area contributed by atoms with Crippen LogP contribution in [0.25, 0.3) is 0 Å². The molecule has 0 saturated heterocycles. The van der Waals surface area contributed by atoms with E-state index in [2.05, 4.69) is 16.7 Å². The van der Waals surface area contributed by atoms with Gasteiger partial charge < -0.3 is 15.4 Å². The maximum Gasteiger partial charge on any atom is 0.328 e. The van der Waals surface area contributed by atoms with Crippen molar-refractivity contribution in [3.05, 3.63) is 35.4 Å². The van der Waals surface area contributed by atoms with E-state index in [1.165, 1.54) is 18.2 Å². The third-order valence-electron chi connectivity index (χ3n) is 3.82. The Hall–Kier alpha value is -1.88. The standard InChI is InChI=1S/C16H22N2O3/c1-10(2)14(16(20)21-3)18-15(19)13-8-11-6-4-5-7-12(11)9-17-13/h4-7,10,13-14,17H,8-9H2,1-3H3,(H,18,19)/t13-,14+/m1/s1. The highest BCUT2D eigenvalue weighted by Crippen LogP contribution is 2.16. The molecule has 1 aromatic rings. The average Bonchev–Trinajstić information content (AvgIpc) is 2.50. The van der Waals surface area contributed by atoms with Gasteiger partial charge in [-0.15, -0.1) is 0 Å². The van der Waals surface area contributed by atoms with Gasteiger partial charge in [-0.1, -0.05) is 38.1 Å². The lowest BCUT2D eigenvalue weighted by molar-refractivity contribution is -0.146. The fourth-order valence-electron chi connectivity index (χ4n) is 2.52. The van der Waals surface area contributed by atoms with Crippen LogP contribution in [0.1, 0.15) is 25.0 Å². The van der Waals surface area contributed by atoms with Crippen LogP contribution in [0.4, 0.5) is 0 Å². The summed E-state index contributed by atoms with van der Waals surface area (Å²) in [5, 5.41) is 6.00. The van der Waals surface area contributed by atoms with Crippen molar-refractivity contribution < 1.29 is 14.3 Å². The number of hydrogen-bond donors (Lipinski definition) is 2. The van der Waals surface area contributed by atoms with Crippen molar-refractivity contribution in [2.24, 2.45) is 5.92 Å². The smallest absolute Gasteiger partial charge is 0.328 e. The summed E-state index contributed by atoms with van der Waals surface area (Å²) in [5.74, 6) is -0.583. The molecule has 114 valence electrons. The molecule has 1 heterocycles. The van der Waals surface area contributed by atoms with Crippen LogP contribution in [-0.2, 0) is 27.3 Å². The summed E-state index contributed by atoms with van der Waals surface area (Å²) in [4.78, 5) is 24.1. The molecule has 1 aliphatic heterocycles. The van der Waals surface area contributed by atoms with E-state index >= 15 is 0 Å². The number of hydrogen-bond acceptors (Lipinski definition) is 4. The van der Waals surface area contributed by atoms with Gasteiger partial charge in [0.05, 0.1) is 13.2 Å². The van der Waals surface area contributed by atoms with Gasteiger partial charge in [-0.05, 0) is 23.5 Å². The molecule has 0 aromatic heterocycles. The molecule has 0 bridgehead atoms. The van der Waals surface area contributed by atoms with Gasteiger partial charge >= 0.3 is 5.97 Å². The Morgan fingerprint density at radius 1 is 1.29 bits per heavy atom. The highest BCUT2D eigenvalue weighted by molar-refractivity contribution is 5.88. The van der Waals surface area contributed by atoms with Gasteiger partial charge in [0.2, 0.25) is 5.91 Å².